The van der Waals surface area contributed by atoms with Crippen molar-refractivity contribution >= 4 is 23.2 Å². The van der Waals surface area contributed by atoms with Crippen LogP contribution in [-0.2, 0) is 0 Å². The van der Waals surface area contributed by atoms with Crippen molar-refractivity contribution in [2.24, 2.45) is 0 Å². The molecule has 5 nitrogen and oxygen atoms in total. The minimum absolute atomic E-state index is 0.552. The van der Waals surface area contributed by atoms with Crippen LogP contribution >= 0.6 is 11.6 Å². The van der Waals surface area contributed by atoms with E-state index in [4.69, 9.17) is 11.6 Å². The van der Waals surface area contributed by atoms with E-state index < -0.39 is 0 Å². The summed E-state index contributed by atoms with van der Waals surface area (Å²) in [7, 11) is 0. The second-order valence-corrected chi connectivity index (χ2v) is 5.78. The molecule has 2 aromatic heterocycles. The lowest BCUT2D eigenvalue weighted by atomic mass is 9.94. The SMILES string of the molecule is Cc1cc(N(CCCl)C2CCCCC2)n2ncnc2n1. The Morgan fingerprint density at radius 3 is 2.90 bits per heavy atom. The molecule has 0 saturated heterocycles. The van der Waals surface area contributed by atoms with Gasteiger partial charge in [-0.25, -0.2) is 4.98 Å². The van der Waals surface area contributed by atoms with Crippen molar-refractivity contribution in [1.29, 1.82) is 0 Å². The van der Waals surface area contributed by atoms with Crippen LogP contribution in [0.2, 0.25) is 0 Å². The number of nitrogens with zero attached hydrogens (tertiary/aromatic N) is 5. The Morgan fingerprint density at radius 2 is 2.15 bits per heavy atom. The number of aromatic nitrogens is 4. The first-order chi connectivity index (χ1) is 9.79. The van der Waals surface area contributed by atoms with Gasteiger partial charge in [0.15, 0.2) is 0 Å². The average molecular weight is 294 g/mol. The van der Waals surface area contributed by atoms with Gasteiger partial charge in [0.05, 0.1) is 0 Å². The third-order valence-electron chi connectivity index (χ3n) is 4.00. The van der Waals surface area contributed by atoms with Gasteiger partial charge < -0.3 is 4.90 Å². The lowest BCUT2D eigenvalue weighted by Crippen LogP contribution is -2.39. The molecule has 0 unspecified atom stereocenters. The molecule has 1 fully saturated rings. The van der Waals surface area contributed by atoms with Crippen molar-refractivity contribution in [2.75, 3.05) is 17.3 Å². The minimum atomic E-state index is 0.552. The molecule has 1 saturated carbocycles. The van der Waals surface area contributed by atoms with Crippen LogP contribution in [0.5, 0.6) is 0 Å². The van der Waals surface area contributed by atoms with Gasteiger partial charge in [-0.05, 0) is 19.8 Å². The lowest BCUT2D eigenvalue weighted by molar-refractivity contribution is 0.415. The maximum atomic E-state index is 6.03. The van der Waals surface area contributed by atoms with Gasteiger partial charge in [-0.15, -0.1) is 11.6 Å². The maximum Gasteiger partial charge on any atom is 0.254 e. The fourth-order valence-corrected chi connectivity index (χ4v) is 3.27. The van der Waals surface area contributed by atoms with Crippen LogP contribution < -0.4 is 4.90 Å². The molecular formula is C14H20ClN5. The molecule has 0 radical (unpaired) electrons. The van der Waals surface area contributed by atoms with Gasteiger partial charge in [0.25, 0.3) is 5.78 Å². The number of fused-ring (bicyclic) bond motifs is 1. The van der Waals surface area contributed by atoms with Crippen molar-refractivity contribution in [2.45, 2.75) is 45.1 Å². The summed E-state index contributed by atoms with van der Waals surface area (Å²) >= 11 is 6.03. The topological polar surface area (TPSA) is 46.3 Å². The lowest BCUT2D eigenvalue weighted by Gasteiger charge is -2.35. The highest BCUT2D eigenvalue weighted by Gasteiger charge is 2.23. The molecule has 0 aromatic carbocycles. The summed E-state index contributed by atoms with van der Waals surface area (Å²) in [5.74, 6) is 2.35. The van der Waals surface area contributed by atoms with Crippen molar-refractivity contribution in [1.82, 2.24) is 19.6 Å². The van der Waals surface area contributed by atoms with Crippen LogP contribution in [0.15, 0.2) is 12.4 Å². The van der Waals surface area contributed by atoms with Gasteiger partial charge in [0.2, 0.25) is 0 Å². The summed E-state index contributed by atoms with van der Waals surface area (Å²) in [5.41, 5.74) is 0.968. The molecule has 0 spiro atoms. The smallest absolute Gasteiger partial charge is 0.254 e. The summed E-state index contributed by atoms with van der Waals surface area (Å²) in [4.78, 5) is 11.0. The Morgan fingerprint density at radius 1 is 1.35 bits per heavy atom. The highest BCUT2D eigenvalue weighted by molar-refractivity contribution is 6.18. The Labute approximate surface area is 124 Å². The van der Waals surface area contributed by atoms with E-state index in [2.05, 4.69) is 26.0 Å². The van der Waals surface area contributed by atoms with Crippen molar-refractivity contribution < 1.29 is 0 Å². The monoisotopic (exact) mass is 293 g/mol. The fraction of sp³-hybridized carbons (Fsp3) is 0.643. The Balaban J connectivity index is 2.01. The predicted octanol–water partition coefficient (Wildman–Crippen LogP) is 2.81. The molecule has 6 heteroatoms. The van der Waals surface area contributed by atoms with E-state index in [-0.39, 0.29) is 0 Å². The first-order valence-electron chi connectivity index (χ1n) is 7.29. The van der Waals surface area contributed by atoms with E-state index in [1.54, 1.807) is 6.33 Å². The summed E-state index contributed by atoms with van der Waals surface area (Å²) in [6.45, 7) is 2.84. The van der Waals surface area contributed by atoms with Crippen LogP contribution in [0.25, 0.3) is 5.78 Å². The van der Waals surface area contributed by atoms with Crippen LogP contribution in [-0.4, -0.2) is 38.0 Å². The Kier molecular flexibility index (Phi) is 4.05. The fourth-order valence-electron chi connectivity index (χ4n) is 3.08. The minimum Gasteiger partial charge on any atom is -0.352 e. The van der Waals surface area contributed by atoms with Crippen LogP contribution in [0, 0.1) is 6.92 Å². The predicted molar refractivity (Wildman–Crippen MR) is 80.5 cm³/mol. The molecule has 1 aliphatic rings. The largest absolute Gasteiger partial charge is 0.352 e. The Bertz CT molecular complexity index is 576. The van der Waals surface area contributed by atoms with Crippen molar-refractivity contribution in [3.63, 3.8) is 0 Å². The molecule has 0 atom stereocenters. The standard InChI is InChI=1S/C14H20ClN5/c1-11-9-13(20-14(18-11)16-10-17-20)19(8-7-15)12-5-3-2-4-6-12/h9-10,12H,2-8H2,1H3. The molecule has 108 valence electrons. The normalized spacial score (nSPS) is 16.7. The number of hydrogen-bond acceptors (Lipinski definition) is 4. The highest BCUT2D eigenvalue weighted by Crippen LogP contribution is 2.27. The molecule has 0 amide bonds. The molecule has 3 rings (SSSR count). The molecular weight excluding hydrogens is 274 g/mol. The second kappa shape index (κ2) is 5.95. The van der Waals surface area contributed by atoms with E-state index in [9.17, 15) is 0 Å². The average Bonchev–Trinajstić information content (AvgIpc) is 2.93. The first kappa shape index (κ1) is 13.6. The van der Waals surface area contributed by atoms with E-state index in [0.717, 1.165) is 18.1 Å². The van der Waals surface area contributed by atoms with Gasteiger partial charge >= 0.3 is 0 Å². The number of anilines is 1. The zero-order chi connectivity index (χ0) is 13.9. The van der Waals surface area contributed by atoms with Gasteiger partial charge in [-0.1, -0.05) is 19.3 Å². The molecule has 1 aliphatic carbocycles. The summed E-state index contributed by atoms with van der Waals surface area (Å²) in [6.07, 6.45) is 7.97. The van der Waals surface area contributed by atoms with E-state index >= 15 is 0 Å². The molecule has 20 heavy (non-hydrogen) atoms. The zero-order valence-electron chi connectivity index (χ0n) is 11.8. The number of alkyl halides is 1. The van der Waals surface area contributed by atoms with Crippen molar-refractivity contribution in [3.8, 4) is 0 Å². The van der Waals surface area contributed by atoms with Crippen LogP contribution in [0.1, 0.15) is 37.8 Å². The maximum absolute atomic E-state index is 6.03. The highest BCUT2D eigenvalue weighted by atomic mass is 35.5. The van der Waals surface area contributed by atoms with Crippen LogP contribution in [0.4, 0.5) is 5.82 Å². The first-order valence-corrected chi connectivity index (χ1v) is 7.83. The molecule has 0 N–H and O–H groups in total. The Hall–Kier alpha value is -1.36. The van der Waals surface area contributed by atoms with E-state index in [1.165, 1.54) is 32.1 Å². The van der Waals surface area contributed by atoms with Gasteiger partial charge in [-0.3, -0.25) is 0 Å². The number of rotatable bonds is 4. The van der Waals surface area contributed by atoms with Gasteiger partial charge in [0.1, 0.15) is 12.1 Å². The van der Waals surface area contributed by atoms with Gasteiger partial charge in [0, 0.05) is 30.2 Å². The summed E-state index contributed by atoms with van der Waals surface area (Å²) < 4.78 is 1.83. The van der Waals surface area contributed by atoms with E-state index in [0.29, 0.717) is 17.7 Å². The molecule has 2 heterocycles. The zero-order valence-corrected chi connectivity index (χ0v) is 12.6. The van der Waals surface area contributed by atoms with E-state index in [1.807, 2.05) is 11.4 Å². The van der Waals surface area contributed by atoms with Crippen LogP contribution in [0.3, 0.4) is 0 Å². The number of hydrogen-bond donors (Lipinski definition) is 0. The summed E-state index contributed by atoms with van der Waals surface area (Å²) in [6, 6.07) is 2.64. The number of aryl methyl sites for hydroxylation is 1. The summed E-state index contributed by atoms with van der Waals surface area (Å²) in [5, 5.41) is 4.32. The van der Waals surface area contributed by atoms with Gasteiger partial charge in [-0.2, -0.15) is 14.6 Å². The molecule has 0 bridgehead atoms. The third-order valence-corrected chi connectivity index (χ3v) is 4.17. The second-order valence-electron chi connectivity index (χ2n) is 5.40. The molecule has 0 aliphatic heterocycles. The quantitative estimate of drug-likeness (QED) is 0.813. The third kappa shape index (κ3) is 2.59. The molecule has 2 aromatic rings. The number of halogens is 1. The van der Waals surface area contributed by atoms with Crippen molar-refractivity contribution in [3.05, 3.63) is 18.1 Å².